The lowest BCUT2D eigenvalue weighted by atomic mass is 9.44. The number of anilines is 1. The van der Waals surface area contributed by atoms with E-state index in [-0.39, 0.29) is 40.7 Å². The quantitative estimate of drug-likeness (QED) is 0.642. The van der Waals surface area contributed by atoms with Gasteiger partial charge in [0.25, 0.3) is 5.91 Å². The number of nitrogens with one attached hydrogen (secondary N) is 3. The van der Waals surface area contributed by atoms with Gasteiger partial charge in [-0.25, -0.2) is 4.39 Å². The van der Waals surface area contributed by atoms with Crippen LogP contribution in [0.15, 0.2) is 36.4 Å². The Hall–Kier alpha value is -2.22. The topological polar surface area (TPSA) is 71.6 Å². The van der Waals surface area contributed by atoms with Crippen molar-refractivity contribution in [1.82, 2.24) is 10.6 Å². The Labute approximate surface area is 176 Å². The third kappa shape index (κ3) is 3.47. The second kappa shape index (κ2) is 6.65. The molecular weight excluding hydrogens is 420 g/mol. The standard InChI is InChI=1S/C20H18Cl2FN3O3/c21-11-1-4-16-15(5-11)24-18(29-16)26-20-8-19(9-20,10-20)25-17(27)7-28-12-2-3-13(22)14(23)6-12/h1-6,18,24,26H,7-10H2,(H,25,27). The van der Waals surface area contributed by atoms with Gasteiger partial charge in [0.1, 0.15) is 17.3 Å². The molecule has 2 bridgehead atoms. The van der Waals surface area contributed by atoms with Crippen molar-refractivity contribution in [2.75, 3.05) is 11.9 Å². The number of halogens is 3. The molecule has 29 heavy (non-hydrogen) atoms. The highest BCUT2D eigenvalue weighted by Crippen LogP contribution is 2.60. The van der Waals surface area contributed by atoms with Crippen LogP contribution in [0.5, 0.6) is 11.5 Å². The van der Waals surface area contributed by atoms with E-state index in [1.54, 1.807) is 6.07 Å². The molecule has 2 aromatic carbocycles. The molecular formula is C20H18Cl2FN3O3. The molecule has 6 rings (SSSR count). The van der Waals surface area contributed by atoms with Crippen LogP contribution in [0, 0.1) is 5.82 Å². The maximum Gasteiger partial charge on any atom is 0.258 e. The molecule has 1 heterocycles. The van der Waals surface area contributed by atoms with E-state index in [0.717, 1.165) is 36.8 Å². The number of amides is 1. The van der Waals surface area contributed by atoms with Crippen LogP contribution in [0.25, 0.3) is 0 Å². The fourth-order valence-corrected chi connectivity index (χ4v) is 4.77. The van der Waals surface area contributed by atoms with Gasteiger partial charge in [0, 0.05) is 22.2 Å². The van der Waals surface area contributed by atoms with E-state index >= 15 is 0 Å². The molecule has 1 aliphatic heterocycles. The lowest BCUT2D eigenvalue weighted by molar-refractivity contribution is -0.147. The highest BCUT2D eigenvalue weighted by molar-refractivity contribution is 6.31. The summed E-state index contributed by atoms with van der Waals surface area (Å²) in [6.07, 6.45) is 2.14. The van der Waals surface area contributed by atoms with Gasteiger partial charge >= 0.3 is 0 Å². The van der Waals surface area contributed by atoms with Crippen molar-refractivity contribution in [3.8, 4) is 11.5 Å². The van der Waals surface area contributed by atoms with Gasteiger partial charge in [0.2, 0.25) is 6.35 Å². The molecule has 6 nitrogen and oxygen atoms in total. The van der Waals surface area contributed by atoms with Crippen LogP contribution in [0.4, 0.5) is 10.1 Å². The van der Waals surface area contributed by atoms with Gasteiger partial charge in [-0.05, 0) is 49.6 Å². The summed E-state index contributed by atoms with van der Waals surface area (Å²) in [5.74, 6) is 0.217. The van der Waals surface area contributed by atoms with E-state index in [1.807, 2.05) is 12.1 Å². The Morgan fingerprint density at radius 2 is 2.00 bits per heavy atom. The number of carbonyl (C=O) groups excluding carboxylic acids is 1. The SMILES string of the molecule is O=C(COc1ccc(Cl)c(F)c1)NC12CC(NC3Nc4cc(Cl)ccc4O3)(C1)C2. The molecule has 0 aromatic heterocycles. The van der Waals surface area contributed by atoms with Crippen molar-refractivity contribution in [1.29, 1.82) is 0 Å². The van der Waals surface area contributed by atoms with E-state index in [9.17, 15) is 9.18 Å². The number of hydrogen-bond donors (Lipinski definition) is 3. The Bertz CT molecular complexity index is 983. The number of carbonyl (C=O) groups is 1. The van der Waals surface area contributed by atoms with Crippen LogP contribution < -0.4 is 25.4 Å². The molecule has 3 fully saturated rings. The van der Waals surface area contributed by atoms with Gasteiger partial charge in [0.15, 0.2) is 6.61 Å². The van der Waals surface area contributed by atoms with Gasteiger partial charge in [-0.3, -0.25) is 10.1 Å². The van der Waals surface area contributed by atoms with Crippen LogP contribution in [0.1, 0.15) is 19.3 Å². The molecule has 3 saturated carbocycles. The predicted molar refractivity (Wildman–Crippen MR) is 107 cm³/mol. The molecule has 1 amide bonds. The zero-order chi connectivity index (χ0) is 20.2. The summed E-state index contributed by atoms with van der Waals surface area (Å²) in [4.78, 5) is 12.2. The van der Waals surface area contributed by atoms with Crippen molar-refractivity contribution in [3.63, 3.8) is 0 Å². The fourth-order valence-electron chi connectivity index (χ4n) is 4.48. The first-order chi connectivity index (χ1) is 13.8. The Kier molecular flexibility index (Phi) is 4.31. The number of ether oxygens (including phenoxy) is 2. The van der Waals surface area contributed by atoms with Gasteiger partial charge in [0.05, 0.1) is 10.7 Å². The van der Waals surface area contributed by atoms with Crippen molar-refractivity contribution in [2.45, 2.75) is 36.7 Å². The number of benzene rings is 2. The van der Waals surface area contributed by atoms with Gasteiger partial charge in [-0.1, -0.05) is 23.2 Å². The van der Waals surface area contributed by atoms with Crippen LogP contribution in [-0.4, -0.2) is 29.9 Å². The molecule has 0 saturated heterocycles. The summed E-state index contributed by atoms with van der Waals surface area (Å²) in [6, 6.07) is 9.54. The van der Waals surface area contributed by atoms with Crippen LogP contribution in [0.2, 0.25) is 10.0 Å². The van der Waals surface area contributed by atoms with Crippen molar-refractivity contribution >= 4 is 34.8 Å². The molecule has 0 spiro atoms. The third-order valence-corrected chi connectivity index (χ3v) is 6.15. The molecule has 1 unspecified atom stereocenters. The fraction of sp³-hybridized carbons (Fsp3) is 0.350. The minimum atomic E-state index is -0.579. The van der Waals surface area contributed by atoms with E-state index in [2.05, 4.69) is 16.0 Å². The average molecular weight is 438 g/mol. The molecule has 152 valence electrons. The lowest BCUT2D eigenvalue weighted by Crippen LogP contribution is -2.84. The van der Waals surface area contributed by atoms with Crippen LogP contribution in [0.3, 0.4) is 0 Å². The first-order valence-corrected chi connectivity index (χ1v) is 9.99. The normalized spacial score (nSPS) is 28.3. The summed E-state index contributed by atoms with van der Waals surface area (Å²) < 4.78 is 24.6. The lowest BCUT2D eigenvalue weighted by Gasteiger charge is -2.70. The number of fused-ring (bicyclic) bond motifs is 1. The van der Waals surface area contributed by atoms with Crippen molar-refractivity contribution in [3.05, 3.63) is 52.3 Å². The van der Waals surface area contributed by atoms with Gasteiger partial charge in [-0.2, -0.15) is 0 Å². The molecule has 3 aliphatic carbocycles. The number of hydrogen-bond acceptors (Lipinski definition) is 5. The van der Waals surface area contributed by atoms with E-state index < -0.39 is 5.82 Å². The smallest absolute Gasteiger partial charge is 0.258 e. The monoisotopic (exact) mass is 437 g/mol. The first-order valence-electron chi connectivity index (χ1n) is 9.23. The maximum atomic E-state index is 13.4. The molecule has 3 N–H and O–H groups in total. The second-order valence-electron chi connectivity index (χ2n) is 7.93. The minimum absolute atomic E-state index is 0.0143. The van der Waals surface area contributed by atoms with Crippen LogP contribution >= 0.6 is 23.2 Å². The Balaban J connectivity index is 1.08. The van der Waals surface area contributed by atoms with Gasteiger partial charge in [-0.15, -0.1) is 0 Å². The molecule has 4 aliphatic rings. The third-order valence-electron chi connectivity index (χ3n) is 5.61. The van der Waals surface area contributed by atoms with Crippen molar-refractivity contribution in [2.24, 2.45) is 0 Å². The zero-order valence-corrected chi connectivity index (χ0v) is 16.7. The average Bonchev–Trinajstić information content (AvgIpc) is 3.01. The molecule has 9 heteroatoms. The van der Waals surface area contributed by atoms with E-state index in [1.165, 1.54) is 12.1 Å². The largest absolute Gasteiger partial charge is 0.484 e. The highest BCUT2D eigenvalue weighted by atomic mass is 35.5. The predicted octanol–water partition coefficient (Wildman–Crippen LogP) is 3.68. The minimum Gasteiger partial charge on any atom is -0.484 e. The Morgan fingerprint density at radius 3 is 2.76 bits per heavy atom. The number of rotatable bonds is 6. The van der Waals surface area contributed by atoms with Crippen molar-refractivity contribution < 1.29 is 18.7 Å². The highest BCUT2D eigenvalue weighted by Gasteiger charge is 2.69. The second-order valence-corrected chi connectivity index (χ2v) is 8.77. The van der Waals surface area contributed by atoms with Crippen LogP contribution in [-0.2, 0) is 4.79 Å². The maximum absolute atomic E-state index is 13.4. The van der Waals surface area contributed by atoms with E-state index in [4.69, 9.17) is 32.7 Å². The zero-order valence-electron chi connectivity index (χ0n) is 15.2. The summed E-state index contributed by atoms with van der Waals surface area (Å²) in [5.41, 5.74) is 0.616. The molecule has 0 radical (unpaired) electrons. The summed E-state index contributed by atoms with van der Waals surface area (Å²) in [5, 5.41) is 10.4. The molecule has 2 aromatic rings. The summed E-state index contributed by atoms with van der Waals surface area (Å²) in [7, 11) is 0. The Morgan fingerprint density at radius 1 is 1.21 bits per heavy atom. The summed E-state index contributed by atoms with van der Waals surface area (Å²) >= 11 is 11.6. The van der Waals surface area contributed by atoms with Gasteiger partial charge < -0.3 is 20.1 Å². The first kappa shape index (κ1) is 18.8. The van der Waals surface area contributed by atoms with E-state index in [0.29, 0.717) is 5.02 Å². The molecule has 1 atom stereocenters. The summed E-state index contributed by atoms with van der Waals surface area (Å²) in [6.45, 7) is -0.174.